The molecule has 1 amide bonds. The lowest BCUT2D eigenvalue weighted by atomic mass is 9.83. The number of anilines is 1. The molecule has 6 nitrogen and oxygen atoms in total. The Morgan fingerprint density at radius 1 is 1.12 bits per heavy atom. The summed E-state index contributed by atoms with van der Waals surface area (Å²) in [5, 5.41) is 2.90. The summed E-state index contributed by atoms with van der Waals surface area (Å²) in [6.45, 7) is 4.66. The predicted octanol–water partition coefficient (Wildman–Crippen LogP) is 3.55. The minimum absolute atomic E-state index is 0.158. The average molecular weight is 349 g/mol. The molecule has 0 unspecified atom stereocenters. The average Bonchev–Trinajstić information content (AvgIpc) is 2.63. The number of hydrogen-bond acceptors (Lipinski definition) is 5. The monoisotopic (exact) mass is 349 g/mol. The highest BCUT2D eigenvalue weighted by Crippen LogP contribution is 2.33. The highest BCUT2D eigenvalue weighted by Gasteiger charge is 2.40. The van der Waals surface area contributed by atoms with E-state index in [-0.39, 0.29) is 11.5 Å². The van der Waals surface area contributed by atoms with Crippen LogP contribution in [-0.4, -0.2) is 37.8 Å². The first-order valence-corrected chi connectivity index (χ1v) is 8.87. The largest absolute Gasteiger partial charge is 0.493 e. The molecular formula is C19H27NO5. The Hall–Kier alpha value is -2.08. The Morgan fingerprint density at radius 3 is 2.44 bits per heavy atom. The minimum atomic E-state index is -0.781. The number of nitrogens with one attached hydrogen (secondary N) is 1. The molecule has 1 N–H and O–H groups in total. The van der Waals surface area contributed by atoms with E-state index in [0.717, 1.165) is 19.3 Å². The first-order valence-electron chi connectivity index (χ1n) is 8.87. The van der Waals surface area contributed by atoms with Crippen LogP contribution in [0.15, 0.2) is 18.2 Å². The Labute approximate surface area is 148 Å². The lowest BCUT2D eigenvalue weighted by Gasteiger charge is -2.35. The maximum Gasteiger partial charge on any atom is 0.341 e. The number of carbonyl (C=O) groups excluding carboxylic acids is 2. The van der Waals surface area contributed by atoms with Crippen molar-refractivity contribution in [2.45, 2.75) is 51.6 Å². The number of methoxy groups -OCH3 is 1. The summed E-state index contributed by atoms with van der Waals surface area (Å²) in [7, 11) is 1.31. The normalized spacial score (nSPS) is 16.1. The van der Waals surface area contributed by atoms with Gasteiger partial charge in [0.05, 0.1) is 13.7 Å². The number of ether oxygens (including phenoxy) is 3. The van der Waals surface area contributed by atoms with Crippen LogP contribution in [0.25, 0.3) is 0 Å². The van der Waals surface area contributed by atoms with E-state index >= 15 is 0 Å². The van der Waals surface area contributed by atoms with E-state index in [2.05, 4.69) is 5.32 Å². The number of benzene rings is 1. The van der Waals surface area contributed by atoms with E-state index in [1.54, 1.807) is 18.2 Å². The van der Waals surface area contributed by atoms with Gasteiger partial charge in [0.2, 0.25) is 0 Å². The summed E-state index contributed by atoms with van der Waals surface area (Å²) in [6, 6.07) is 4.97. The van der Waals surface area contributed by atoms with Crippen LogP contribution in [0.2, 0.25) is 0 Å². The fourth-order valence-electron chi connectivity index (χ4n) is 3.24. The van der Waals surface area contributed by atoms with E-state index < -0.39 is 11.6 Å². The van der Waals surface area contributed by atoms with Gasteiger partial charge < -0.3 is 19.5 Å². The summed E-state index contributed by atoms with van der Waals surface area (Å²) >= 11 is 0. The van der Waals surface area contributed by atoms with E-state index in [0.29, 0.717) is 37.5 Å². The number of hydrogen-bond donors (Lipinski definition) is 1. The van der Waals surface area contributed by atoms with Gasteiger partial charge in [-0.05, 0) is 44.9 Å². The van der Waals surface area contributed by atoms with Gasteiger partial charge in [0.25, 0.3) is 5.91 Å². The van der Waals surface area contributed by atoms with Crippen molar-refractivity contribution >= 4 is 17.6 Å². The van der Waals surface area contributed by atoms with Crippen LogP contribution in [0.4, 0.5) is 5.69 Å². The molecule has 2 rings (SSSR count). The van der Waals surface area contributed by atoms with Crippen molar-refractivity contribution in [1.29, 1.82) is 0 Å². The summed E-state index contributed by atoms with van der Waals surface area (Å²) in [6.07, 6.45) is 4.51. The van der Waals surface area contributed by atoms with Gasteiger partial charge >= 0.3 is 5.97 Å². The van der Waals surface area contributed by atoms with Gasteiger partial charge in [0, 0.05) is 12.3 Å². The first-order chi connectivity index (χ1) is 12.1. The second-order valence-corrected chi connectivity index (χ2v) is 6.08. The minimum Gasteiger partial charge on any atom is -0.493 e. The summed E-state index contributed by atoms with van der Waals surface area (Å²) in [5.41, 5.74) is 0.0339. The molecule has 0 saturated heterocycles. The molecule has 1 aliphatic carbocycles. The van der Waals surface area contributed by atoms with Gasteiger partial charge in [-0.15, -0.1) is 0 Å². The van der Waals surface area contributed by atoms with Crippen molar-refractivity contribution in [2.75, 3.05) is 25.6 Å². The zero-order valence-electron chi connectivity index (χ0n) is 15.2. The summed E-state index contributed by atoms with van der Waals surface area (Å²) < 4.78 is 16.1. The van der Waals surface area contributed by atoms with Crippen LogP contribution in [0, 0.1) is 0 Å². The van der Waals surface area contributed by atoms with Crippen molar-refractivity contribution in [2.24, 2.45) is 0 Å². The molecule has 1 aromatic rings. The van der Waals surface area contributed by atoms with E-state index in [9.17, 15) is 9.59 Å². The SMILES string of the molecule is CCOc1ccc(NC(=O)C2(OCC)CCCCC2)cc1C(=O)OC. The molecule has 1 aromatic carbocycles. The molecule has 0 aromatic heterocycles. The van der Waals surface area contributed by atoms with E-state index in [1.165, 1.54) is 7.11 Å². The van der Waals surface area contributed by atoms with Gasteiger partial charge in [-0.2, -0.15) is 0 Å². The van der Waals surface area contributed by atoms with Crippen molar-refractivity contribution in [3.8, 4) is 5.75 Å². The topological polar surface area (TPSA) is 73.9 Å². The summed E-state index contributed by atoms with van der Waals surface area (Å²) in [5.74, 6) is -0.227. The number of rotatable bonds is 7. The predicted molar refractivity (Wildman–Crippen MR) is 95.0 cm³/mol. The van der Waals surface area contributed by atoms with Gasteiger partial charge in [-0.25, -0.2) is 4.79 Å². The Kier molecular flexibility index (Phi) is 6.82. The van der Waals surface area contributed by atoms with Crippen molar-refractivity contribution in [3.05, 3.63) is 23.8 Å². The molecule has 6 heteroatoms. The quantitative estimate of drug-likeness (QED) is 0.762. The summed E-state index contributed by atoms with van der Waals surface area (Å²) in [4.78, 5) is 24.8. The molecule has 0 radical (unpaired) electrons. The lowest BCUT2D eigenvalue weighted by Crippen LogP contribution is -2.47. The maximum absolute atomic E-state index is 12.9. The molecule has 1 saturated carbocycles. The van der Waals surface area contributed by atoms with E-state index in [1.807, 2.05) is 13.8 Å². The zero-order chi connectivity index (χ0) is 18.3. The fourth-order valence-corrected chi connectivity index (χ4v) is 3.24. The molecule has 138 valence electrons. The maximum atomic E-state index is 12.9. The van der Waals surface area contributed by atoms with Crippen LogP contribution >= 0.6 is 0 Å². The number of amides is 1. The van der Waals surface area contributed by atoms with Crippen LogP contribution in [0.1, 0.15) is 56.3 Å². The molecule has 0 spiro atoms. The third-order valence-electron chi connectivity index (χ3n) is 4.44. The van der Waals surface area contributed by atoms with Crippen LogP contribution in [0.3, 0.4) is 0 Å². The second kappa shape index (κ2) is 8.85. The lowest BCUT2D eigenvalue weighted by molar-refractivity contribution is -0.145. The molecule has 0 bridgehead atoms. The van der Waals surface area contributed by atoms with Crippen LogP contribution in [0.5, 0.6) is 5.75 Å². The fraction of sp³-hybridized carbons (Fsp3) is 0.579. The molecule has 1 fully saturated rings. The molecular weight excluding hydrogens is 322 g/mol. The highest BCUT2D eigenvalue weighted by atomic mass is 16.5. The van der Waals surface area contributed by atoms with Crippen molar-refractivity contribution < 1.29 is 23.8 Å². The van der Waals surface area contributed by atoms with Gasteiger partial charge in [0.1, 0.15) is 16.9 Å². The van der Waals surface area contributed by atoms with Gasteiger partial charge in [-0.1, -0.05) is 19.3 Å². The standard InChI is InChI=1S/C19H27NO5/c1-4-24-16-10-9-14(13-15(16)17(21)23-3)20-18(22)19(25-5-2)11-7-6-8-12-19/h9-10,13H,4-8,11-12H2,1-3H3,(H,20,22). The Bertz CT molecular complexity index is 602. The molecule has 1 aliphatic rings. The smallest absolute Gasteiger partial charge is 0.341 e. The Morgan fingerprint density at radius 2 is 1.84 bits per heavy atom. The molecule has 25 heavy (non-hydrogen) atoms. The van der Waals surface area contributed by atoms with Gasteiger partial charge in [-0.3, -0.25) is 4.79 Å². The molecule has 0 aliphatic heterocycles. The number of esters is 1. The zero-order valence-corrected chi connectivity index (χ0v) is 15.2. The molecule has 0 atom stereocenters. The van der Waals surface area contributed by atoms with Gasteiger partial charge in [0.15, 0.2) is 0 Å². The van der Waals surface area contributed by atoms with Crippen molar-refractivity contribution in [3.63, 3.8) is 0 Å². The van der Waals surface area contributed by atoms with Crippen LogP contribution < -0.4 is 10.1 Å². The van der Waals surface area contributed by atoms with Crippen LogP contribution in [-0.2, 0) is 14.3 Å². The van der Waals surface area contributed by atoms with E-state index in [4.69, 9.17) is 14.2 Å². The number of carbonyl (C=O) groups is 2. The molecule has 0 heterocycles. The Balaban J connectivity index is 2.23. The second-order valence-electron chi connectivity index (χ2n) is 6.08. The third kappa shape index (κ3) is 4.51. The third-order valence-corrected chi connectivity index (χ3v) is 4.44. The van der Waals surface area contributed by atoms with Crippen molar-refractivity contribution in [1.82, 2.24) is 0 Å². The first kappa shape index (κ1) is 19.2. The highest BCUT2D eigenvalue weighted by molar-refractivity contribution is 5.99.